The van der Waals surface area contributed by atoms with Gasteiger partial charge in [-0.3, -0.25) is 4.79 Å². The fourth-order valence-electron chi connectivity index (χ4n) is 1.06. The van der Waals surface area contributed by atoms with Crippen molar-refractivity contribution in [3.63, 3.8) is 0 Å². The number of carboxylic acid groups (broad SMARTS) is 2. The number of carbonyl (C=O) groups is 2. The van der Waals surface area contributed by atoms with Crippen molar-refractivity contribution in [2.45, 2.75) is 11.3 Å². The van der Waals surface area contributed by atoms with Crippen LogP contribution in [0.25, 0.3) is 0 Å². The van der Waals surface area contributed by atoms with Crippen molar-refractivity contribution < 1.29 is 19.8 Å². The van der Waals surface area contributed by atoms with Crippen LogP contribution in [-0.2, 0) is 4.79 Å². The third-order valence-electron chi connectivity index (χ3n) is 1.83. The van der Waals surface area contributed by atoms with Crippen molar-refractivity contribution in [1.82, 2.24) is 0 Å². The maximum atomic E-state index is 10.6. The van der Waals surface area contributed by atoms with E-state index in [2.05, 4.69) is 0 Å². The monoisotopic (exact) mass is 241 g/mol. The molecule has 1 rings (SSSR count). The Bertz CT molecular complexity index is 419. The number of aliphatic carboxylic acids is 1. The molecule has 0 amide bonds. The SMILES string of the molecule is Nc1cc(C(=O)O)ccc1SCCC(=O)O. The molecule has 0 aliphatic heterocycles. The van der Waals surface area contributed by atoms with Crippen molar-refractivity contribution in [3.05, 3.63) is 23.8 Å². The van der Waals surface area contributed by atoms with E-state index < -0.39 is 11.9 Å². The lowest BCUT2D eigenvalue weighted by Gasteiger charge is -2.05. The van der Waals surface area contributed by atoms with Crippen molar-refractivity contribution in [2.24, 2.45) is 0 Å². The molecule has 0 unspecified atom stereocenters. The predicted octanol–water partition coefficient (Wildman–Crippen LogP) is 1.53. The molecule has 4 N–H and O–H groups in total. The summed E-state index contributed by atoms with van der Waals surface area (Å²) >= 11 is 1.30. The Morgan fingerprint density at radius 3 is 2.50 bits per heavy atom. The smallest absolute Gasteiger partial charge is 0.335 e. The van der Waals surface area contributed by atoms with Crippen molar-refractivity contribution in [2.75, 3.05) is 11.5 Å². The zero-order valence-electron chi connectivity index (χ0n) is 8.34. The van der Waals surface area contributed by atoms with E-state index in [1.165, 1.54) is 23.9 Å². The van der Waals surface area contributed by atoms with Gasteiger partial charge < -0.3 is 15.9 Å². The largest absolute Gasteiger partial charge is 0.481 e. The first kappa shape index (κ1) is 12.4. The summed E-state index contributed by atoms with van der Waals surface area (Å²) in [6.45, 7) is 0. The summed E-state index contributed by atoms with van der Waals surface area (Å²) in [5, 5.41) is 17.2. The molecule has 0 bridgehead atoms. The molecule has 1 aromatic carbocycles. The highest BCUT2D eigenvalue weighted by atomic mass is 32.2. The van der Waals surface area contributed by atoms with Gasteiger partial charge in [-0.2, -0.15) is 0 Å². The minimum atomic E-state index is -1.03. The zero-order valence-corrected chi connectivity index (χ0v) is 9.16. The molecule has 0 aliphatic carbocycles. The molecule has 1 aromatic rings. The van der Waals surface area contributed by atoms with Crippen LogP contribution in [0, 0.1) is 0 Å². The van der Waals surface area contributed by atoms with Crippen molar-refractivity contribution >= 4 is 29.4 Å². The summed E-state index contributed by atoms with van der Waals surface area (Å²) in [7, 11) is 0. The lowest BCUT2D eigenvalue weighted by atomic mass is 10.2. The molecule has 0 aromatic heterocycles. The Balaban J connectivity index is 2.68. The topological polar surface area (TPSA) is 101 Å². The van der Waals surface area contributed by atoms with Gasteiger partial charge in [-0.25, -0.2) is 4.79 Å². The first-order valence-electron chi connectivity index (χ1n) is 4.48. The van der Waals surface area contributed by atoms with Gasteiger partial charge in [0.05, 0.1) is 12.0 Å². The van der Waals surface area contributed by atoms with Gasteiger partial charge in [0, 0.05) is 16.3 Å². The molecule has 0 saturated heterocycles. The lowest BCUT2D eigenvalue weighted by molar-refractivity contribution is -0.136. The molecule has 6 heteroatoms. The number of aromatic carboxylic acids is 1. The molecule has 0 saturated carbocycles. The molecule has 5 nitrogen and oxygen atoms in total. The highest BCUT2D eigenvalue weighted by Gasteiger charge is 2.07. The minimum Gasteiger partial charge on any atom is -0.481 e. The van der Waals surface area contributed by atoms with E-state index in [-0.39, 0.29) is 12.0 Å². The zero-order chi connectivity index (χ0) is 12.1. The molecule has 0 atom stereocenters. The van der Waals surface area contributed by atoms with Gasteiger partial charge >= 0.3 is 11.9 Å². The number of thioether (sulfide) groups is 1. The second-order valence-corrected chi connectivity index (χ2v) is 4.19. The van der Waals surface area contributed by atoms with Crippen LogP contribution in [0.1, 0.15) is 16.8 Å². The Morgan fingerprint density at radius 1 is 1.31 bits per heavy atom. The summed E-state index contributed by atoms with van der Waals surface area (Å²) in [6.07, 6.45) is 0.0464. The first-order chi connectivity index (χ1) is 7.50. The number of carboxylic acids is 2. The summed E-state index contributed by atoms with van der Waals surface area (Å²) < 4.78 is 0. The van der Waals surface area contributed by atoms with E-state index in [0.717, 1.165) is 0 Å². The van der Waals surface area contributed by atoms with Gasteiger partial charge in [-0.05, 0) is 18.2 Å². The summed E-state index contributed by atoms with van der Waals surface area (Å²) in [5.74, 6) is -1.49. The highest BCUT2D eigenvalue weighted by Crippen LogP contribution is 2.26. The fourth-order valence-corrected chi connectivity index (χ4v) is 1.95. The van der Waals surface area contributed by atoms with E-state index in [9.17, 15) is 9.59 Å². The minimum absolute atomic E-state index is 0.0464. The lowest BCUT2D eigenvalue weighted by Crippen LogP contribution is -2.00. The second-order valence-electron chi connectivity index (χ2n) is 3.05. The normalized spacial score (nSPS) is 10.0. The Kier molecular flexibility index (Phi) is 4.19. The van der Waals surface area contributed by atoms with Gasteiger partial charge in [0.15, 0.2) is 0 Å². The average molecular weight is 241 g/mol. The fraction of sp³-hybridized carbons (Fsp3) is 0.200. The van der Waals surface area contributed by atoms with E-state index in [4.69, 9.17) is 15.9 Å². The van der Waals surface area contributed by atoms with Gasteiger partial charge in [0.25, 0.3) is 0 Å². The molecule has 0 heterocycles. The number of rotatable bonds is 5. The van der Waals surface area contributed by atoms with Crippen LogP contribution < -0.4 is 5.73 Å². The van der Waals surface area contributed by atoms with E-state index >= 15 is 0 Å². The number of nitrogens with two attached hydrogens (primary N) is 1. The third-order valence-corrected chi connectivity index (χ3v) is 2.92. The summed E-state index contributed by atoms with van der Waals surface area (Å²) in [6, 6.07) is 4.40. The Labute approximate surface area is 96.3 Å². The van der Waals surface area contributed by atoms with Gasteiger partial charge in [-0.1, -0.05) is 0 Å². The molecule has 16 heavy (non-hydrogen) atoms. The first-order valence-corrected chi connectivity index (χ1v) is 5.46. The number of hydrogen-bond acceptors (Lipinski definition) is 4. The highest BCUT2D eigenvalue weighted by molar-refractivity contribution is 7.99. The van der Waals surface area contributed by atoms with Gasteiger partial charge in [0.1, 0.15) is 0 Å². The molecule has 0 radical (unpaired) electrons. The number of nitrogen functional groups attached to an aromatic ring is 1. The van der Waals surface area contributed by atoms with Crippen LogP contribution in [-0.4, -0.2) is 27.9 Å². The molecular formula is C10H11NO4S. The molecular weight excluding hydrogens is 230 g/mol. The van der Waals surface area contributed by atoms with E-state index in [1.54, 1.807) is 6.07 Å². The second kappa shape index (κ2) is 5.41. The number of hydrogen-bond donors (Lipinski definition) is 3. The van der Waals surface area contributed by atoms with Crippen LogP contribution in [0.15, 0.2) is 23.1 Å². The predicted molar refractivity (Wildman–Crippen MR) is 60.8 cm³/mol. The van der Waals surface area contributed by atoms with Crippen LogP contribution in [0.2, 0.25) is 0 Å². The number of benzene rings is 1. The Hall–Kier alpha value is -1.69. The maximum absolute atomic E-state index is 10.6. The quantitative estimate of drug-likeness (QED) is 0.534. The van der Waals surface area contributed by atoms with Crippen LogP contribution in [0.4, 0.5) is 5.69 Å². The van der Waals surface area contributed by atoms with Crippen molar-refractivity contribution in [1.29, 1.82) is 0 Å². The van der Waals surface area contributed by atoms with E-state index in [1.807, 2.05) is 0 Å². The van der Waals surface area contributed by atoms with Crippen LogP contribution in [0.3, 0.4) is 0 Å². The summed E-state index contributed by atoms with van der Waals surface area (Å²) in [5.41, 5.74) is 6.13. The van der Waals surface area contributed by atoms with E-state index in [0.29, 0.717) is 16.3 Å². The third kappa shape index (κ3) is 3.47. The maximum Gasteiger partial charge on any atom is 0.335 e. The molecule has 86 valence electrons. The van der Waals surface area contributed by atoms with Crippen molar-refractivity contribution in [3.8, 4) is 0 Å². The van der Waals surface area contributed by atoms with Gasteiger partial charge in [-0.15, -0.1) is 11.8 Å². The number of anilines is 1. The van der Waals surface area contributed by atoms with Gasteiger partial charge in [0.2, 0.25) is 0 Å². The van der Waals surface area contributed by atoms with Crippen LogP contribution >= 0.6 is 11.8 Å². The molecule has 0 spiro atoms. The molecule has 0 fully saturated rings. The van der Waals surface area contributed by atoms with Crippen LogP contribution in [0.5, 0.6) is 0 Å². The standard InChI is InChI=1S/C10H11NO4S/c11-7-5-6(10(14)15)1-2-8(7)16-4-3-9(12)13/h1-2,5H,3-4,11H2,(H,12,13)(H,14,15). The summed E-state index contributed by atoms with van der Waals surface area (Å²) in [4.78, 5) is 21.6. The Morgan fingerprint density at radius 2 is 2.00 bits per heavy atom. The average Bonchev–Trinajstić information content (AvgIpc) is 2.19. The molecule has 0 aliphatic rings.